The van der Waals surface area contributed by atoms with Crippen molar-refractivity contribution in [3.63, 3.8) is 0 Å². The molecule has 3 aromatic heterocycles. The Morgan fingerprint density at radius 1 is 0.933 bits per heavy atom. The Hall–Kier alpha value is -5.48. The van der Waals surface area contributed by atoms with Gasteiger partial charge in [-0.3, -0.25) is 24.0 Å². The van der Waals surface area contributed by atoms with Crippen LogP contribution in [-0.4, -0.2) is 152 Å². The Morgan fingerprint density at radius 3 is 2.25 bits per heavy atom. The number of anilines is 2. The number of alkyl halides is 1. The Labute approximate surface area is 450 Å². The summed E-state index contributed by atoms with van der Waals surface area (Å²) in [4.78, 5) is 96.4. The number of benzene rings is 1. The number of carbonyl (C=O) groups is 5. The Balaban J connectivity index is 0.789. The number of carbonyl (C=O) groups excluding carboxylic acids is 5. The van der Waals surface area contributed by atoms with Gasteiger partial charge in [0, 0.05) is 69.2 Å². The lowest BCUT2D eigenvalue weighted by Crippen LogP contribution is -2.59. The van der Waals surface area contributed by atoms with Crippen molar-refractivity contribution in [3.05, 3.63) is 70.7 Å². The van der Waals surface area contributed by atoms with Gasteiger partial charge in [-0.25, -0.2) is 24.3 Å². The number of likely N-dealkylation sites (tertiary alicyclic amines) is 3. The van der Waals surface area contributed by atoms with Crippen molar-refractivity contribution in [1.29, 1.82) is 0 Å². The highest BCUT2D eigenvalue weighted by Crippen LogP contribution is 2.41. The van der Waals surface area contributed by atoms with Gasteiger partial charge >= 0.3 is 0 Å². The summed E-state index contributed by atoms with van der Waals surface area (Å²) in [5.74, 6) is -1.10. The van der Waals surface area contributed by atoms with Crippen molar-refractivity contribution in [2.45, 2.75) is 132 Å². The number of β-amino-alcohol motifs (C(OH)–C–C–N with tert-alkyl or cyclic N) is 1. The van der Waals surface area contributed by atoms with Crippen LogP contribution in [-0.2, 0) is 24.0 Å². The van der Waals surface area contributed by atoms with E-state index in [1.165, 1.54) is 28.0 Å². The third kappa shape index (κ3) is 12.4. The summed E-state index contributed by atoms with van der Waals surface area (Å²) in [6.45, 7) is 13.4. The van der Waals surface area contributed by atoms with Gasteiger partial charge in [-0.1, -0.05) is 75.3 Å². The summed E-state index contributed by atoms with van der Waals surface area (Å²) in [6.07, 6.45) is 7.20. The molecule has 4 aliphatic heterocycles. The van der Waals surface area contributed by atoms with Crippen molar-refractivity contribution < 1.29 is 33.5 Å². The van der Waals surface area contributed by atoms with Crippen LogP contribution < -0.4 is 26.6 Å². The van der Waals surface area contributed by atoms with E-state index in [2.05, 4.69) is 47.7 Å². The topological polar surface area (TPSA) is 232 Å². The first-order valence-electron chi connectivity index (χ1n) is 25.9. The fourth-order valence-corrected chi connectivity index (χ4v) is 12.1. The number of nitrogens with zero attached hydrogens (tertiary/aromatic N) is 8. The molecule has 22 heteroatoms. The summed E-state index contributed by atoms with van der Waals surface area (Å²) < 4.78 is 14.8. The molecule has 5 fully saturated rings. The van der Waals surface area contributed by atoms with Crippen molar-refractivity contribution in [3.8, 4) is 10.4 Å². The fourth-order valence-electron chi connectivity index (χ4n) is 10.3. The molecule has 0 unspecified atom stereocenters. The van der Waals surface area contributed by atoms with E-state index in [1.54, 1.807) is 49.8 Å². The average Bonchev–Trinajstić information content (AvgIpc) is 3.79. The smallest absolute Gasteiger partial charge is 0.258 e. The van der Waals surface area contributed by atoms with Crippen molar-refractivity contribution >= 4 is 75.9 Å². The number of rotatable bonds is 16. The zero-order chi connectivity index (χ0) is 53.4. The van der Waals surface area contributed by atoms with Crippen molar-refractivity contribution in [2.24, 2.45) is 22.5 Å². The van der Waals surface area contributed by atoms with Crippen molar-refractivity contribution in [2.75, 3.05) is 62.6 Å². The zero-order valence-electron chi connectivity index (χ0n) is 43.2. The number of nitrogens with two attached hydrogens (primary N) is 1. The number of piperidine rings is 2. The third-order valence-electron chi connectivity index (χ3n) is 15.6. The molecule has 18 nitrogen and oxygen atoms in total. The predicted molar refractivity (Wildman–Crippen MR) is 286 cm³/mol. The minimum atomic E-state index is -2.02. The minimum Gasteiger partial charge on any atom is -0.391 e. The van der Waals surface area contributed by atoms with Gasteiger partial charge in [-0.2, -0.15) is 0 Å². The van der Waals surface area contributed by atoms with Crippen LogP contribution in [0.1, 0.15) is 96.4 Å². The number of aliphatic hydroxyl groups is 1. The molecule has 1 saturated carbocycles. The van der Waals surface area contributed by atoms with E-state index < -0.39 is 53.0 Å². The first kappa shape index (κ1) is 54.3. The maximum atomic E-state index is 14.8. The number of hydrogen-bond donors (Lipinski definition) is 5. The number of pyridine rings is 1. The molecule has 75 heavy (non-hydrogen) atoms. The van der Waals surface area contributed by atoms with Crippen LogP contribution in [0.25, 0.3) is 10.4 Å². The highest BCUT2D eigenvalue weighted by molar-refractivity contribution is 7.99. The maximum absolute atomic E-state index is 14.8. The SMILES string of the molecule is Cc1ncsc1-c1ccc([C@H](CC(=O)N2CCC(C(=O)N3CC(Nc4nccc(Sc5cnc(N6CCC(C)(CN)CC6)cn5)c4Cl)C3)CC2)NC(=O)[C@@H]2C[C@@H](O)CN2C(=O)[C@@H](NC(=O)C2(F)CC2)C(C)(C)C)cc1. The van der Waals surface area contributed by atoms with E-state index in [4.69, 9.17) is 17.3 Å². The number of nitrogens with one attached hydrogen (secondary N) is 3. The van der Waals surface area contributed by atoms with Gasteiger partial charge in [0.2, 0.25) is 23.6 Å². The molecule has 9 rings (SSSR count). The Morgan fingerprint density at radius 2 is 1.64 bits per heavy atom. The molecule has 1 aliphatic carbocycles. The largest absolute Gasteiger partial charge is 0.391 e. The first-order chi connectivity index (χ1) is 35.7. The number of amides is 5. The standard InChI is InChI=1S/C53H68ClFN12O6S2/c1-31-44(74-30-60-31)33-8-6-32(7-9-33)37(62-47(70)38-22-36(68)28-67(38)49(72)45(51(2,3)4)63-50(73)53(55)13-14-53)23-42(69)65-18-11-34(12-19-65)48(71)66-26-35(27-66)61-46-43(54)39(10-17-57-46)75-41-25-58-40(24-59-41)64-20-15-52(5,29-56)16-21-64/h6-10,17,24-25,30,34-38,45,68H,11-16,18-23,26-29,56H2,1-5H3,(H,57,61)(H,62,70)(H,63,73)/t36-,37+,38+,45-/m1/s1. The van der Waals surface area contributed by atoms with Gasteiger partial charge in [0.15, 0.2) is 5.67 Å². The molecule has 6 N–H and O–H groups in total. The van der Waals surface area contributed by atoms with Gasteiger partial charge in [0.25, 0.3) is 5.91 Å². The summed E-state index contributed by atoms with van der Waals surface area (Å²) in [5, 5.41) is 21.1. The van der Waals surface area contributed by atoms with Gasteiger partial charge in [-0.05, 0) is 80.0 Å². The van der Waals surface area contributed by atoms with Crippen LogP contribution in [0.15, 0.2) is 64.4 Å². The molecule has 4 atom stereocenters. The Bertz CT molecular complexity index is 2740. The number of aromatic nitrogens is 4. The monoisotopic (exact) mass is 1090 g/mol. The van der Waals surface area contributed by atoms with Crippen LogP contribution in [0.2, 0.25) is 5.02 Å². The van der Waals surface area contributed by atoms with E-state index in [0.29, 0.717) is 67.0 Å². The minimum absolute atomic E-state index is 0.0350. The molecule has 5 amide bonds. The van der Waals surface area contributed by atoms with E-state index in [0.717, 1.165) is 52.8 Å². The van der Waals surface area contributed by atoms with Gasteiger partial charge < -0.3 is 46.4 Å². The van der Waals surface area contributed by atoms with Crippen molar-refractivity contribution in [1.82, 2.24) is 45.3 Å². The molecular formula is C53H68ClFN12O6S2. The number of halogens is 2. The van der Waals surface area contributed by atoms with Gasteiger partial charge in [0.05, 0.1) is 58.1 Å². The van der Waals surface area contributed by atoms with E-state index in [1.807, 2.05) is 42.2 Å². The molecular weight excluding hydrogens is 1020 g/mol. The lowest BCUT2D eigenvalue weighted by molar-refractivity contribution is -0.145. The molecule has 4 saturated heterocycles. The normalized spacial score (nSPS) is 21.5. The lowest BCUT2D eigenvalue weighted by Gasteiger charge is -2.43. The third-order valence-corrected chi connectivity index (χ3v) is 18.0. The highest BCUT2D eigenvalue weighted by atomic mass is 35.5. The zero-order valence-corrected chi connectivity index (χ0v) is 45.6. The molecule has 0 bridgehead atoms. The average molecular weight is 1090 g/mol. The number of aliphatic hydroxyl groups excluding tert-OH is 1. The van der Waals surface area contributed by atoms with Crippen LogP contribution in [0.5, 0.6) is 0 Å². The summed E-state index contributed by atoms with van der Waals surface area (Å²) in [6, 6.07) is 6.24. The van der Waals surface area contributed by atoms with E-state index in [9.17, 15) is 33.5 Å². The fraction of sp³-hybridized carbons (Fsp3) is 0.566. The highest BCUT2D eigenvalue weighted by Gasteiger charge is 2.53. The lowest BCUT2D eigenvalue weighted by atomic mass is 9.80. The second-order valence-electron chi connectivity index (χ2n) is 22.3. The van der Waals surface area contributed by atoms with Gasteiger partial charge in [0.1, 0.15) is 28.7 Å². The predicted octanol–water partition coefficient (Wildman–Crippen LogP) is 5.78. The molecule has 402 valence electrons. The summed E-state index contributed by atoms with van der Waals surface area (Å²) >= 11 is 9.79. The molecule has 0 radical (unpaired) electrons. The van der Waals surface area contributed by atoms with E-state index >= 15 is 0 Å². The van der Waals surface area contributed by atoms with Crippen LogP contribution in [0.3, 0.4) is 0 Å². The number of aryl methyl sites for hydroxylation is 1. The summed E-state index contributed by atoms with van der Waals surface area (Å²) in [7, 11) is 0. The Kier molecular flexibility index (Phi) is 16.1. The molecule has 1 aromatic carbocycles. The summed E-state index contributed by atoms with van der Waals surface area (Å²) in [5.41, 5.74) is 7.54. The molecule has 4 aromatic rings. The first-order valence-corrected chi connectivity index (χ1v) is 28.0. The molecule has 7 heterocycles. The quantitative estimate of drug-likeness (QED) is 0.0897. The number of hydrogen-bond acceptors (Lipinski definition) is 15. The van der Waals surface area contributed by atoms with Crippen LogP contribution >= 0.6 is 34.7 Å². The molecule has 5 aliphatic rings. The van der Waals surface area contributed by atoms with Crippen LogP contribution in [0.4, 0.5) is 16.0 Å². The van der Waals surface area contributed by atoms with Crippen LogP contribution in [0, 0.1) is 23.7 Å². The molecule has 0 spiro atoms. The second-order valence-corrected chi connectivity index (χ2v) is 24.6. The maximum Gasteiger partial charge on any atom is 0.258 e. The second kappa shape index (κ2) is 22.2. The van der Waals surface area contributed by atoms with E-state index in [-0.39, 0.29) is 61.4 Å². The van der Waals surface area contributed by atoms with Gasteiger partial charge in [-0.15, -0.1) is 11.3 Å². The number of thiazole rings is 1.